The van der Waals surface area contributed by atoms with Gasteiger partial charge in [0.25, 0.3) is 0 Å². The summed E-state index contributed by atoms with van der Waals surface area (Å²) in [6.07, 6.45) is 0.498. The van der Waals surface area contributed by atoms with Crippen LogP contribution >= 0.6 is 23.1 Å². The first-order chi connectivity index (χ1) is 14.7. The van der Waals surface area contributed by atoms with Crippen molar-refractivity contribution in [1.29, 1.82) is 0 Å². The van der Waals surface area contributed by atoms with Crippen molar-refractivity contribution in [2.45, 2.75) is 18.2 Å². The molecule has 0 N–H and O–H groups in total. The number of carbonyl (C=O) groups excluding carboxylic acids is 1. The minimum absolute atomic E-state index is 0.142. The highest BCUT2D eigenvalue weighted by Crippen LogP contribution is 2.31. The predicted molar refractivity (Wildman–Crippen MR) is 126 cm³/mol. The fraction of sp³-hybridized carbons (Fsp3) is 0.391. The highest BCUT2D eigenvalue weighted by atomic mass is 32.2. The van der Waals surface area contributed by atoms with Crippen molar-refractivity contribution in [3.63, 3.8) is 0 Å². The van der Waals surface area contributed by atoms with Crippen LogP contribution in [-0.2, 0) is 9.53 Å². The zero-order valence-electron chi connectivity index (χ0n) is 17.3. The Morgan fingerprint density at radius 2 is 1.97 bits per heavy atom. The Morgan fingerprint density at radius 1 is 1.17 bits per heavy atom. The number of thioether (sulfide) groups is 1. The zero-order chi connectivity index (χ0) is 20.8. The lowest BCUT2D eigenvalue weighted by molar-refractivity contribution is -0.118. The molecule has 4 rings (SSSR count). The molecule has 2 heterocycles. The van der Waals surface area contributed by atoms with Crippen molar-refractivity contribution in [2.75, 3.05) is 50.0 Å². The molecule has 1 amide bonds. The first kappa shape index (κ1) is 21.3. The molecule has 30 heavy (non-hydrogen) atoms. The number of benzene rings is 2. The third-order valence-electron chi connectivity index (χ3n) is 5.21. The van der Waals surface area contributed by atoms with Crippen LogP contribution in [0.15, 0.2) is 53.4 Å². The normalized spacial score (nSPS) is 14.8. The van der Waals surface area contributed by atoms with E-state index in [2.05, 4.69) is 42.2 Å². The standard InChI is InChI=1S/C23H27N3O2S2/c1-18-6-5-9-20-22(18)24-23(30-20)26(12-11-25-13-15-28-16-14-25)21(27)10-17-29-19-7-3-2-4-8-19/h2-9H,10-17H2,1H3. The second kappa shape index (κ2) is 10.4. The molecule has 0 unspecified atom stereocenters. The van der Waals surface area contributed by atoms with Crippen molar-refractivity contribution in [3.8, 4) is 0 Å². The van der Waals surface area contributed by atoms with Crippen LogP contribution in [0, 0.1) is 6.92 Å². The van der Waals surface area contributed by atoms with Gasteiger partial charge in [0.05, 0.1) is 23.4 Å². The monoisotopic (exact) mass is 441 g/mol. The van der Waals surface area contributed by atoms with Crippen molar-refractivity contribution >= 4 is 44.4 Å². The number of aromatic nitrogens is 1. The average Bonchev–Trinajstić information content (AvgIpc) is 3.21. The molecular formula is C23H27N3O2S2. The van der Waals surface area contributed by atoms with Crippen LogP contribution in [0.25, 0.3) is 10.2 Å². The summed E-state index contributed by atoms with van der Waals surface area (Å²) >= 11 is 3.33. The van der Waals surface area contributed by atoms with Gasteiger partial charge in [0.1, 0.15) is 0 Å². The van der Waals surface area contributed by atoms with Crippen molar-refractivity contribution < 1.29 is 9.53 Å². The van der Waals surface area contributed by atoms with Gasteiger partial charge in [-0.1, -0.05) is 41.7 Å². The van der Waals surface area contributed by atoms with Crippen LogP contribution < -0.4 is 4.90 Å². The predicted octanol–water partition coefficient (Wildman–Crippen LogP) is 4.45. The number of anilines is 1. The lowest BCUT2D eigenvalue weighted by atomic mass is 10.2. The van der Waals surface area contributed by atoms with E-state index in [0.717, 1.165) is 59.5 Å². The molecular weight excluding hydrogens is 414 g/mol. The Morgan fingerprint density at radius 3 is 2.73 bits per heavy atom. The first-order valence-corrected chi connectivity index (χ1v) is 12.2. The number of morpholine rings is 1. The van der Waals surface area contributed by atoms with Gasteiger partial charge in [-0.25, -0.2) is 4.98 Å². The summed E-state index contributed by atoms with van der Waals surface area (Å²) in [7, 11) is 0. The highest BCUT2D eigenvalue weighted by molar-refractivity contribution is 7.99. The lowest BCUT2D eigenvalue weighted by Gasteiger charge is -2.29. The summed E-state index contributed by atoms with van der Waals surface area (Å²) in [5.41, 5.74) is 2.15. The second-order valence-electron chi connectivity index (χ2n) is 7.33. The van der Waals surface area contributed by atoms with Gasteiger partial charge < -0.3 is 4.74 Å². The minimum Gasteiger partial charge on any atom is -0.379 e. The minimum atomic E-state index is 0.142. The zero-order valence-corrected chi connectivity index (χ0v) is 18.9. The molecule has 5 nitrogen and oxygen atoms in total. The van der Waals surface area contributed by atoms with Crippen molar-refractivity contribution in [2.24, 2.45) is 0 Å². The molecule has 158 valence electrons. The van der Waals surface area contributed by atoms with E-state index in [0.29, 0.717) is 13.0 Å². The molecule has 0 bridgehead atoms. The van der Waals surface area contributed by atoms with E-state index in [-0.39, 0.29) is 5.91 Å². The van der Waals surface area contributed by atoms with Crippen LogP contribution in [0.3, 0.4) is 0 Å². The Kier molecular flexibility index (Phi) is 7.38. The largest absolute Gasteiger partial charge is 0.379 e. The molecule has 1 aliphatic heterocycles. The number of amides is 1. The number of thiazole rings is 1. The van der Waals surface area contributed by atoms with E-state index in [1.165, 1.54) is 4.90 Å². The molecule has 7 heteroatoms. The topological polar surface area (TPSA) is 45.7 Å². The van der Waals surface area contributed by atoms with Gasteiger partial charge in [-0.15, -0.1) is 11.8 Å². The molecule has 0 saturated carbocycles. The summed E-state index contributed by atoms with van der Waals surface area (Å²) in [5.74, 6) is 0.907. The van der Waals surface area contributed by atoms with Crippen molar-refractivity contribution in [1.82, 2.24) is 9.88 Å². The second-order valence-corrected chi connectivity index (χ2v) is 9.51. The Bertz CT molecular complexity index is 971. The van der Waals surface area contributed by atoms with Crippen LogP contribution in [-0.4, -0.2) is 60.9 Å². The Labute approximate surface area is 186 Å². The highest BCUT2D eigenvalue weighted by Gasteiger charge is 2.21. The number of ether oxygens (including phenoxy) is 1. The smallest absolute Gasteiger partial charge is 0.229 e. The van der Waals surface area contributed by atoms with Crippen LogP contribution in [0.5, 0.6) is 0 Å². The number of hydrogen-bond donors (Lipinski definition) is 0. The summed E-state index contributed by atoms with van der Waals surface area (Å²) in [6, 6.07) is 16.4. The van der Waals surface area contributed by atoms with Gasteiger partial charge in [-0.3, -0.25) is 14.6 Å². The van der Waals surface area contributed by atoms with Gasteiger partial charge in [0.2, 0.25) is 5.91 Å². The molecule has 0 aliphatic carbocycles. The van der Waals surface area contributed by atoms with E-state index in [1.807, 2.05) is 23.1 Å². The quantitative estimate of drug-likeness (QED) is 0.483. The summed E-state index contributed by atoms with van der Waals surface area (Å²) in [6.45, 7) is 6.95. The maximum Gasteiger partial charge on any atom is 0.229 e. The SMILES string of the molecule is Cc1cccc2sc(N(CCN3CCOCC3)C(=O)CCSc3ccccc3)nc12. The molecule has 3 aromatic rings. The number of hydrogen-bond acceptors (Lipinski definition) is 6. The molecule has 1 aromatic heterocycles. The van der Waals surface area contributed by atoms with E-state index in [1.54, 1.807) is 23.1 Å². The summed E-state index contributed by atoms with van der Waals surface area (Å²) in [5, 5.41) is 0.808. The maximum atomic E-state index is 13.2. The number of nitrogens with zero attached hydrogens (tertiary/aromatic N) is 3. The van der Waals surface area contributed by atoms with Gasteiger partial charge in [-0.05, 0) is 30.7 Å². The average molecular weight is 442 g/mol. The number of aryl methyl sites for hydroxylation is 1. The van der Waals surface area contributed by atoms with E-state index in [9.17, 15) is 4.79 Å². The lowest BCUT2D eigenvalue weighted by Crippen LogP contribution is -2.43. The molecule has 1 saturated heterocycles. The third kappa shape index (κ3) is 5.40. The molecule has 0 radical (unpaired) electrons. The fourth-order valence-electron chi connectivity index (χ4n) is 3.49. The van der Waals surface area contributed by atoms with Crippen LogP contribution in [0.2, 0.25) is 0 Å². The molecule has 1 aliphatic rings. The number of carbonyl (C=O) groups is 1. The molecule has 0 spiro atoms. The van der Waals surface area contributed by atoms with Crippen molar-refractivity contribution in [3.05, 3.63) is 54.1 Å². The fourth-order valence-corrected chi connectivity index (χ4v) is 5.44. The van der Waals surface area contributed by atoms with Gasteiger partial charge >= 0.3 is 0 Å². The van der Waals surface area contributed by atoms with Crippen LogP contribution in [0.1, 0.15) is 12.0 Å². The van der Waals surface area contributed by atoms with Gasteiger partial charge in [0, 0.05) is 43.2 Å². The van der Waals surface area contributed by atoms with E-state index < -0.39 is 0 Å². The molecule has 1 fully saturated rings. The van der Waals surface area contributed by atoms with Gasteiger partial charge in [-0.2, -0.15) is 0 Å². The third-order valence-corrected chi connectivity index (χ3v) is 7.27. The summed E-state index contributed by atoms with van der Waals surface area (Å²) in [4.78, 5) is 23.5. The Balaban J connectivity index is 1.46. The van der Waals surface area contributed by atoms with Crippen LogP contribution in [0.4, 0.5) is 5.13 Å². The molecule has 0 atom stereocenters. The molecule has 2 aromatic carbocycles. The number of fused-ring (bicyclic) bond motifs is 1. The number of rotatable bonds is 8. The summed E-state index contributed by atoms with van der Waals surface area (Å²) < 4.78 is 6.58. The van der Waals surface area contributed by atoms with E-state index >= 15 is 0 Å². The number of para-hydroxylation sites is 1. The maximum absolute atomic E-state index is 13.2. The van der Waals surface area contributed by atoms with Gasteiger partial charge in [0.15, 0.2) is 5.13 Å². The Hall–Kier alpha value is -1.93. The first-order valence-electron chi connectivity index (χ1n) is 10.4. The van der Waals surface area contributed by atoms with E-state index in [4.69, 9.17) is 9.72 Å².